The smallest absolute Gasteiger partial charge is 0.336 e. The number of carboxylic acid groups (broad SMARTS) is 2. The number of carbonyl (C=O) groups is 2. The molecule has 0 atom stereocenters. The quantitative estimate of drug-likeness (QED) is 0.547. The Morgan fingerprint density at radius 1 is 0.941 bits per heavy atom. The van der Waals surface area contributed by atoms with Gasteiger partial charge in [0.2, 0.25) is 0 Å². The van der Waals surface area contributed by atoms with Crippen LogP contribution in [0, 0.1) is 0 Å². The third-order valence-electron chi connectivity index (χ3n) is 1.39. The molecule has 94 valence electrons. The number of carboxylic acids is 2. The van der Waals surface area contributed by atoms with Gasteiger partial charge in [-0.1, -0.05) is 12.1 Å². The van der Waals surface area contributed by atoms with Gasteiger partial charge in [-0.05, 0) is 12.1 Å². The van der Waals surface area contributed by atoms with Crippen LogP contribution >= 0.6 is 0 Å². The molecule has 0 radical (unpaired) electrons. The average Bonchev–Trinajstić information content (AvgIpc) is 2.15. The Hall–Kier alpha value is -1.97. The molecule has 1 rings (SSSR count). The predicted molar refractivity (Wildman–Crippen MR) is 57.7 cm³/mol. The summed E-state index contributed by atoms with van der Waals surface area (Å²) in [6.45, 7) is 0. The van der Waals surface area contributed by atoms with Crippen LogP contribution in [0.4, 0.5) is 0 Å². The van der Waals surface area contributed by atoms with Gasteiger partial charge >= 0.3 is 11.9 Å². The van der Waals surface area contributed by atoms with Gasteiger partial charge in [0.05, 0.1) is 11.1 Å². The van der Waals surface area contributed by atoms with Crippen molar-refractivity contribution >= 4 is 22.1 Å². The number of nitrogens with two attached hydrogens (primary N) is 2. The molecule has 0 aliphatic rings. The van der Waals surface area contributed by atoms with Crippen LogP contribution in [0.15, 0.2) is 24.3 Å². The van der Waals surface area contributed by atoms with Crippen LogP contribution in [0.1, 0.15) is 20.7 Å². The highest BCUT2D eigenvalue weighted by atomic mass is 32.2. The van der Waals surface area contributed by atoms with Crippen LogP contribution in [-0.2, 0) is 10.2 Å². The van der Waals surface area contributed by atoms with Crippen molar-refractivity contribution in [3.63, 3.8) is 0 Å². The molecule has 0 spiro atoms. The predicted octanol–water partition coefficient (Wildman–Crippen LogP) is -0.768. The Morgan fingerprint density at radius 3 is 1.35 bits per heavy atom. The van der Waals surface area contributed by atoms with E-state index in [1.807, 2.05) is 0 Å². The first-order valence-electron chi connectivity index (χ1n) is 3.99. The second kappa shape index (κ2) is 5.94. The number of benzene rings is 1. The number of hydrogen-bond donors (Lipinski definition) is 4. The summed E-state index contributed by atoms with van der Waals surface area (Å²) in [6, 6.07) is 5.48. The van der Waals surface area contributed by atoms with Crippen molar-refractivity contribution in [1.82, 2.24) is 0 Å². The van der Waals surface area contributed by atoms with Gasteiger partial charge in [-0.3, -0.25) is 0 Å². The first kappa shape index (κ1) is 15.0. The summed E-state index contributed by atoms with van der Waals surface area (Å²) in [7, 11) is -3.67. The lowest BCUT2D eigenvalue weighted by Crippen LogP contribution is -2.21. The third kappa shape index (κ3) is 7.00. The van der Waals surface area contributed by atoms with Gasteiger partial charge in [0, 0.05) is 0 Å². The molecule has 1 aromatic rings. The van der Waals surface area contributed by atoms with E-state index < -0.39 is 22.1 Å². The normalized spacial score (nSPS) is 10.0. The summed E-state index contributed by atoms with van der Waals surface area (Å²) in [5, 5.41) is 25.3. The summed E-state index contributed by atoms with van der Waals surface area (Å²) in [4.78, 5) is 20.9. The maximum atomic E-state index is 10.5. The van der Waals surface area contributed by atoms with Crippen LogP contribution < -0.4 is 10.3 Å². The van der Waals surface area contributed by atoms with Crippen molar-refractivity contribution in [2.24, 2.45) is 10.3 Å². The fourth-order valence-corrected chi connectivity index (χ4v) is 0.856. The lowest BCUT2D eigenvalue weighted by Gasteiger charge is -1.98. The Labute approximate surface area is 96.7 Å². The third-order valence-corrected chi connectivity index (χ3v) is 1.39. The van der Waals surface area contributed by atoms with Crippen LogP contribution in [0.3, 0.4) is 0 Å². The highest BCUT2D eigenvalue weighted by Crippen LogP contribution is 2.07. The largest absolute Gasteiger partial charge is 0.478 e. The fourth-order valence-electron chi connectivity index (χ4n) is 0.856. The van der Waals surface area contributed by atoms with Gasteiger partial charge in [-0.25, -0.2) is 19.9 Å². The minimum absolute atomic E-state index is 0.190. The van der Waals surface area contributed by atoms with E-state index in [1.165, 1.54) is 24.3 Å². The Kier molecular flexibility index (Phi) is 5.25. The van der Waals surface area contributed by atoms with Crippen molar-refractivity contribution in [1.29, 1.82) is 0 Å². The molecule has 0 bridgehead atoms. The molecule has 0 aromatic heterocycles. The van der Waals surface area contributed by atoms with Gasteiger partial charge in [-0.15, -0.1) is 0 Å². The molecule has 0 heterocycles. The maximum Gasteiger partial charge on any atom is 0.336 e. The summed E-state index contributed by atoms with van der Waals surface area (Å²) in [6.07, 6.45) is 0. The molecule has 0 aliphatic carbocycles. The Balaban J connectivity index is 0.000000437. The average molecular weight is 262 g/mol. The van der Waals surface area contributed by atoms with Crippen molar-refractivity contribution in [2.75, 3.05) is 0 Å². The molecule has 0 aliphatic heterocycles. The molecule has 8 nitrogen and oxygen atoms in total. The number of aromatic carboxylic acids is 2. The van der Waals surface area contributed by atoms with E-state index in [9.17, 15) is 18.0 Å². The highest BCUT2D eigenvalue weighted by Gasteiger charge is 2.13. The summed E-state index contributed by atoms with van der Waals surface area (Å²) in [5.41, 5.74) is -0.380. The van der Waals surface area contributed by atoms with E-state index in [4.69, 9.17) is 10.2 Å². The molecule has 17 heavy (non-hydrogen) atoms. The van der Waals surface area contributed by atoms with Crippen molar-refractivity contribution < 1.29 is 28.2 Å². The molecule has 0 fully saturated rings. The first-order valence-corrected chi connectivity index (χ1v) is 5.60. The molecular formula is C8H10N2O6S. The van der Waals surface area contributed by atoms with Crippen LogP contribution in [0.2, 0.25) is 0 Å². The standard InChI is InChI=1S/C8H6O4.H4N2O2S/c9-7(10)5-3-1-2-4-6(5)8(11)12;1-5(2,3)4/h1-4H,(H,9,10)(H,11,12);(H4,1,2,3,4). The van der Waals surface area contributed by atoms with E-state index >= 15 is 0 Å². The second-order valence-corrected chi connectivity index (χ2v) is 3.92. The molecule has 0 unspecified atom stereocenters. The lowest BCUT2D eigenvalue weighted by atomic mass is 10.1. The summed E-state index contributed by atoms with van der Waals surface area (Å²) >= 11 is 0. The van der Waals surface area contributed by atoms with Crippen molar-refractivity contribution in [2.45, 2.75) is 0 Å². The lowest BCUT2D eigenvalue weighted by molar-refractivity contribution is 0.0651. The van der Waals surface area contributed by atoms with E-state index in [-0.39, 0.29) is 11.1 Å². The Bertz CT molecular complexity index is 484. The van der Waals surface area contributed by atoms with Crippen molar-refractivity contribution in [3.8, 4) is 0 Å². The Morgan fingerprint density at radius 2 is 1.18 bits per heavy atom. The minimum atomic E-state index is -3.67. The fraction of sp³-hybridized carbons (Fsp3) is 0. The van der Waals surface area contributed by atoms with Crippen molar-refractivity contribution in [3.05, 3.63) is 35.4 Å². The molecule has 6 N–H and O–H groups in total. The number of hydrogen-bond acceptors (Lipinski definition) is 4. The first-order chi connectivity index (χ1) is 7.63. The van der Waals surface area contributed by atoms with Crippen LogP contribution in [0.5, 0.6) is 0 Å². The van der Waals surface area contributed by atoms with Gasteiger partial charge in [0.25, 0.3) is 10.2 Å². The SMILES string of the molecule is NS(N)(=O)=O.O=C(O)c1ccccc1C(=O)O. The topological polar surface area (TPSA) is 161 Å². The zero-order valence-electron chi connectivity index (χ0n) is 8.40. The molecule has 0 saturated carbocycles. The van der Waals surface area contributed by atoms with Gasteiger partial charge in [0.1, 0.15) is 0 Å². The van der Waals surface area contributed by atoms with Crippen LogP contribution in [-0.4, -0.2) is 30.6 Å². The number of rotatable bonds is 2. The zero-order valence-corrected chi connectivity index (χ0v) is 9.22. The van der Waals surface area contributed by atoms with Gasteiger partial charge in [-0.2, -0.15) is 8.42 Å². The highest BCUT2D eigenvalue weighted by molar-refractivity contribution is 7.86. The summed E-state index contributed by atoms with van der Waals surface area (Å²) < 4.78 is 18.4. The molecular weight excluding hydrogens is 252 g/mol. The van der Waals surface area contributed by atoms with E-state index in [0.717, 1.165) is 0 Å². The summed E-state index contributed by atoms with van der Waals surface area (Å²) in [5.74, 6) is -2.46. The maximum absolute atomic E-state index is 10.5. The zero-order chi connectivity index (χ0) is 13.6. The van der Waals surface area contributed by atoms with E-state index in [0.29, 0.717) is 0 Å². The molecule has 1 aromatic carbocycles. The molecule has 0 saturated heterocycles. The van der Waals surface area contributed by atoms with E-state index in [2.05, 4.69) is 10.3 Å². The second-order valence-electron chi connectivity index (χ2n) is 2.74. The van der Waals surface area contributed by atoms with Crippen LogP contribution in [0.25, 0.3) is 0 Å². The van der Waals surface area contributed by atoms with Gasteiger partial charge in [0.15, 0.2) is 0 Å². The minimum Gasteiger partial charge on any atom is -0.478 e. The van der Waals surface area contributed by atoms with Gasteiger partial charge < -0.3 is 10.2 Å². The molecule has 0 amide bonds. The monoisotopic (exact) mass is 262 g/mol. The van der Waals surface area contributed by atoms with E-state index in [1.54, 1.807) is 0 Å². The molecule has 9 heteroatoms.